The van der Waals surface area contributed by atoms with Crippen LogP contribution in [-0.4, -0.2) is 26.4 Å². The van der Waals surface area contributed by atoms with Crippen LogP contribution in [0.1, 0.15) is 97.0 Å². The fourth-order valence-corrected chi connectivity index (χ4v) is 3.24. The van der Waals surface area contributed by atoms with Crippen molar-refractivity contribution in [2.75, 3.05) is 26.4 Å². The highest BCUT2D eigenvalue weighted by Gasteiger charge is 2.27. The van der Waals surface area contributed by atoms with E-state index in [2.05, 4.69) is 39.0 Å². The van der Waals surface area contributed by atoms with Gasteiger partial charge in [0.25, 0.3) is 0 Å². The zero-order chi connectivity index (χ0) is 20.3. The Morgan fingerprint density at radius 3 is 1.67 bits per heavy atom. The molecule has 0 N–H and O–H groups in total. The molecule has 0 radical (unpaired) electrons. The van der Waals surface area contributed by atoms with Crippen molar-refractivity contribution >= 4 is 0 Å². The average molecular weight is 381 g/mol. The molecule has 0 unspecified atom stereocenters. The summed E-state index contributed by atoms with van der Waals surface area (Å²) in [6.45, 7) is 17.1. The van der Waals surface area contributed by atoms with E-state index >= 15 is 0 Å². The second-order valence-electron chi connectivity index (χ2n) is 7.32. The normalized spacial score (nSPS) is 12.3. The Labute approximate surface area is 166 Å². The molecular weight excluding hydrogens is 340 g/mol. The Hall–Kier alpha value is -0.940. The molecule has 0 amide bonds. The fraction of sp³-hybridized carbons (Fsp3) is 0.739. The van der Waals surface area contributed by atoms with Crippen molar-refractivity contribution in [1.82, 2.24) is 0 Å². The van der Waals surface area contributed by atoms with Crippen molar-refractivity contribution in [3.63, 3.8) is 0 Å². The molecule has 0 aromatic heterocycles. The largest absolute Gasteiger partial charge is 0.349 e. The number of benzene rings is 1. The van der Waals surface area contributed by atoms with Gasteiger partial charge >= 0.3 is 0 Å². The van der Waals surface area contributed by atoms with E-state index in [1.807, 2.05) is 27.7 Å². The SMILES string of the molecule is CCCCC(C)(C)c1ccc(C(OCC)OCC)c(C(OCC)OCC)c1. The molecule has 1 aromatic rings. The molecule has 0 saturated heterocycles. The van der Waals surface area contributed by atoms with Gasteiger partial charge in [-0.1, -0.05) is 45.7 Å². The van der Waals surface area contributed by atoms with Crippen LogP contribution >= 0.6 is 0 Å². The van der Waals surface area contributed by atoms with Gasteiger partial charge in [0.1, 0.15) is 0 Å². The summed E-state index contributed by atoms with van der Waals surface area (Å²) in [6.07, 6.45) is 2.74. The van der Waals surface area contributed by atoms with Crippen LogP contribution in [0, 0.1) is 0 Å². The van der Waals surface area contributed by atoms with Crippen molar-refractivity contribution in [3.05, 3.63) is 34.9 Å². The molecule has 1 aromatic carbocycles. The first kappa shape index (κ1) is 24.1. The summed E-state index contributed by atoms with van der Waals surface area (Å²) in [6, 6.07) is 6.56. The smallest absolute Gasteiger partial charge is 0.184 e. The quantitative estimate of drug-likeness (QED) is 0.355. The Morgan fingerprint density at radius 1 is 0.741 bits per heavy atom. The maximum absolute atomic E-state index is 5.93. The first-order chi connectivity index (χ1) is 12.9. The van der Waals surface area contributed by atoms with E-state index < -0.39 is 12.6 Å². The van der Waals surface area contributed by atoms with Gasteiger partial charge in [0.05, 0.1) is 0 Å². The standard InChI is InChI=1S/C23H40O4/c1-8-13-16-23(6,7)18-14-15-19(21(24-9-2)25-10-3)20(17-18)22(26-11-4)27-12-5/h14-15,17,21-22H,8-13,16H2,1-7H3. The summed E-state index contributed by atoms with van der Waals surface area (Å²) in [5.41, 5.74) is 3.39. The van der Waals surface area contributed by atoms with E-state index in [-0.39, 0.29) is 5.41 Å². The number of hydrogen-bond donors (Lipinski definition) is 0. The number of hydrogen-bond acceptors (Lipinski definition) is 4. The van der Waals surface area contributed by atoms with Crippen LogP contribution < -0.4 is 0 Å². The lowest BCUT2D eigenvalue weighted by Gasteiger charge is -2.30. The van der Waals surface area contributed by atoms with Crippen molar-refractivity contribution < 1.29 is 18.9 Å². The molecule has 0 aliphatic carbocycles. The third kappa shape index (κ3) is 7.19. The third-order valence-corrected chi connectivity index (χ3v) is 4.80. The van der Waals surface area contributed by atoms with Gasteiger partial charge in [-0.25, -0.2) is 0 Å². The molecule has 0 aliphatic rings. The van der Waals surface area contributed by atoms with Gasteiger partial charge in [-0.15, -0.1) is 0 Å². The number of ether oxygens (including phenoxy) is 4. The fourth-order valence-electron chi connectivity index (χ4n) is 3.24. The molecule has 0 heterocycles. The summed E-state index contributed by atoms with van der Waals surface area (Å²) in [5.74, 6) is 0. The Morgan fingerprint density at radius 2 is 1.22 bits per heavy atom. The van der Waals surface area contributed by atoms with Crippen LogP contribution in [0.3, 0.4) is 0 Å². The lowest BCUT2D eigenvalue weighted by Crippen LogP contribution is -2.21. The zero-order valence-corrected chi connectivity index (χ0v) is 18.5. The lowest BCUT2D eigenvalue weighted by atomic mass is 9.79. The lowest BCUT2D eigenvalue weighted by molar-refractivity contribution is -0.156. The van der Waals surface area contributed by atoms with Gasteiger partial charge in [-0.05, 0) is 51.2 Å². The molecule has 156 valence electrons. The summed E-state index contributed by atoms with van der Waals surface area (Å²) < 4.78 is 23.6. The van der Waals surface area contributed by atoms with E-state index in [1.54, 1.807) is 0 Å². The summed E-state index contributed by atoms with van der Waals surface area (Å²) in [5, 5.41) is 0. The Kier molecular flexibility index (Phi) is 11.2. The van der Waals surface area contributed by atoms with Crippen LogP contribution in [-0.2, 0) is 24.4 Å². The van der Waals surface area contributed by atoms with Crippen molar-refractivity contribution in [1.29, 1.82) is 0 Å². The molecule has 0 atom stereocenters. The Balaban J connectivity index is 3.39. The summed E-state index contributed by atoms with van der Waals surface area (Å²) in [4.78, 5) is 0. The molecule has 0 spiro atoms. The highest BCUT2D eigenvalue weighted by atomic mass is 16.7. The molecule has 0 fully saturated rings. The molecule has 0 aliphatic heterocycles. The van der Waals surface area contributed by atoms with E-state index in [9.17, 15) is 0 Å². The zero-order valence-electron chi connectivity index (χ0n) is 18.5. The summed E-state index contributed by atoms with van der Waals surface area (Å²) >= 11 is 0. The van der Waals surface area contributed by atoms with Crippen LogP contribution in [0.4, 0.5) is 0 Å². The van der Waals surface area contributed by atoms with E-state index in [0.29, 0.717) is 26.4 Å². The molecular formula is C23H40O4. The highest BCUT2D eigenvalue weighted by Crippen LogP contribution is 2.36. The Bertz CT molecular complexity index is 515. The van der Waals surface area contributed by atoms with Gasteiger partial charge in [-0.3, -0.25) is 0 Å². The van der Waals surface area contributed by atoms with Gasteiger partial charge < -0.3 is 18.9 Å². The van der Waals surface area contributed by atoms with Gasteiger partial charge in [0.15, 0.2) is 12.6 Å². The molecule has 0 bridgehead atoms. The van der Waals surface area contributed by atoms with E-state index in [0.717, 1.165) is 17.5 Å². The van der Waals surface area contributed by atoms with Crippen molar-refractivity contribution in [2.24, 2.45) is 0 Å². The van der Waals surface area contributed by atoms with Crippen LogP contribution in [0.25, 0.3) is 0 Å². The highest BCUT2D eigenvalue weighted by molar-refractivity contribution is 5.37. The van der Waals surface area contributed by atoms with Crippen LogP contribution in [0.2, 0.25) is 0 Å². The molecule has 4 heteroatoms. The predicted octanol–water partition coefficient (Wildman–Crippen LogP) is 6.30. The second kappa shape index (κ2) is 12.5. The number of unbranched alkanes of at least 4 members (excludes halogenated alkanes) is 1. The van der Waals surface area contributed by atoms with Crippen LogP contribution in [0.5, 0.6) is 0 Å². The maximum Gasteiger partial charge on any atom is 0.184 e. The second-order valence-corrected chi connectivity index (χ2v) is 7.32. The first-order valence-corrected chi connectivity index (χ1v) is 10.6. The van der Waals surface area contributed by atoms with E-state index in [4.69, 9.17) is 18.9 Å². The third-order valence-electron chi connectivity index (χ3n) is 4.80. The molecule has 27 heavy (non-hydrogen) atoms. The van der Waals surface area contributed by atoms with Crippen molar-refractivity contribution in [2.45, 2.75) is 85.7 Å². The minimum absolute atomic E-state index is 0.0962. The van der Waals surface area contributed by atoms with Gasteiger partial charge in [-0.2, -0.15) is 0 Å². The first-order valence-electron chi connectivity index (χ1n) is 10.6. The predicted molar refractivity (Wildman–Crippen MR) is 111 cm³/mol. The van der Waals surface area contributed by atoms with Crippen LogP contribution in [0.15, 0.2) is 18.2 Å². The molecule has 4 nitrogen and oxygen atoms in total. The molecule has 0 saturated carbocycles. The average Bonchev–Trinajstić information content (AvgIpc) is 2.65. The minimum atomic E-state index is -0.416. The van der Waals surface area contributed by atoms with E-state index in [1.165, 1.54) is 18.4 Å². The number of rotatable bonds is 14. The van der Waals surface area contributed by atoms with Crippen molar-refractivity contribution in [3.8, 4) is 0 Å². The molecule has 1 rings (SSSR count). The topological polar surface area (TPSA) is 36.9 Å². The summed E-state index contributed by atoms with van der Waals surface area (Å²) in [7, 11) is 0. The van der Waals surface area contributed by atoms with Gasteiger partial charge in [0, 0.05) is 37.6 Å². The maximum atomic E-state index is 5.93. The monoisotopic (exact) mass is 380 g/mol. The van der Waals surface area contributed by atoms with Gasteiger partial charge in [0.2, 0.25) is 0 Å². The minimum Gasteiger partial charge on any atom is -0.349 e.